The molecule has 4 nitrogen and oxygen atoms in total. The van der Waals surface area contributed by atoms with Crippen molar-refractivity contribution < 1.29 is 4.42 Å². The van der Waals surface area contributed by atoms with Gasteiger partial charge in [0.2, 0.25) is 11.8 Å². The zero-order valence-electron chi connectivity index (χ0n) is 23.2. The Balaban J connectivity index is 1.19. The van der Waals surface area contributed by atoms with Crippen molar-refractivity contribution in [3.05, 3.63) is 152 Å². The maximum absolute atomic E-state index is 6.17. The summed E-state index contributed by atoms with van der Waals surface area (Å²) >= 11 is 0. The van der Waals surface area contributed by atoms with Crippen LogP contribution in [-0.2, 0) is 0 Å². The van der Waals surface area contributed by atoms with Gasteiger partial charge in [-0.15, -0.1) is 10.2 Å². The molecule has 8 aromatic rings. The maximum atomic E-state index is 6.17. The first-order chi connectivity index (χ1) is 21.3. The first-order valence-corrected chi connectivity index (χ1v) is 14.3. The van der Waals surface area contributed by atoms with E-state index >= 15 is 0 Å². The molecule has 0 atom stereocenters. The van der Waals surface area contributed by atoms with Crippen LogP contribution in [0.2, 0.25) is 0 Å². The van der Waals surface area contributed by atoms with E-state index in [9.17, 15) is 0 Å². The van der Waals surface area contributed by atoms with Crippen LogP contribution in [0.4, 0.5) is 0 Å². The molecule has 202 valence electrons. The molecule has 0 aliphatic rings. The third-order valence-corrected chi connectivity index (χ3v) is 7.94. The summed E-state index contributed by atoms with van der Waals surface area (Å²) in [5.41, 5.74) is 8.67. The molecule has 0 spiro atoms. The lowest BCUT2D eigenvalue weighted by atomic mass is 9.86. The molecule has 0 aliphatic carbocycles. The highest BCUT2D eigenvalue weighted by molar-refractivity contribution is 6.21. The monoisotopic (exact) mass is 551 g/mol. The smallest absolute Gasteiger partial charge is 0.248 e. The average molecular weight is 552 g/mol. The Hall–Kier alpha value is -5.87. The van der Waals surface area contributed by atoms with Gasteiger partial charge in [-0.25, -0.2) is 0 Å². The number of hydrogen-bond donors (Lipinski definition) is 0. The molecule has 8 rings (SSSR count). The minimum absolute atomic E-state index is 0.494. The molecule has 0 unspecified atom stereocenters. The normalized spacial score (nSPS) is 11.3. The van der Waals surface area contributed by atoms with Gasteiger partial charge in [0.05, 0.1) is 0 Å². The SMILES string of the molecule is c1ccc(-c2cccc(-c3nnc(-c4ccc(-c5c6ccccc6c(-c6cccnc6)c6ccccc56)cc4)o3)c2)cc1. The summed E-state index contributed by atoms with van der Waals surface area (Å²) in [6, 6.07) is 48.3. The molecule has 0 radical (unpaired) electrons. The van der Waals surface area contributed by atoms with Crippen molar-refractivity contribution in [1.82, 2.24) is 15.2 Å². The second kappa shape index (κ2) is 10.5. The highest BCUT2D eigenvalue weighted by Gasteiger charge is 2.17. The number of nitrogens with zero attached hydrogens (tertiary/aromatic N) is 3. The third-order valence-electron chi connectivity index (χ3n) is 7.94. The summed E-state index contributed by atoms with van der Waals surface area (Å²) < 4.78 is 6.17. The number of aromatic nitrogens is 3. The first-order valence-electron chi connectivity index (χ1n) is 14.3. The summed E-state index contributed by atoms with van der Waals surface area (Å²) in [6.07, 6.45) is 3.76. The van der Waals surface area contributed by atoms with Crippen molar-refractivity contribution >= 4 is 21.5 Å². The van der Waals surface area contributed by atoms with Crippen LogP contribution in [-0.4, -0.2) is 15.2 Å². The summed E-state index contributed by atoms with van der Waals surface area (Å²) in [5.74, 6) is 0.994. The molecule has 0 N–H and O–H groups in total. The lowest BCUT2D eigenvalue weighted by Crippen LogP contribution is -1.91. The van der Waals surface area contributed by atoms with Gasteiger partial charge in [0, 0.05) is 29.1 Å². The van der Waals surface area contributed by atoms with E-state index in [1.807, 2.05) is 48.8 Å². The predicted molar refractivity (Wildman–Crippen MR) is 174 cm³/mol. The molecule has 2 heterocycles. The molecule has 0 bridgehead atoms. The molecule has 43 heavy (non-hydrogen) atoms. The fourth-order valence-corrected chi connectivity index (χ4v) is 5.96. The van der Waals surface area contributed by atoms with Crippen molar-refractivity contribution in [3.8, 4) is 56.3 Å². The van der Waals surface area contributed by atoms with Crippen LogP contribution >= 0.6 is 0 Å². The van der Waals surface area contributed by atoms with Gasteiger partial charge in [-0.2, -0.15) is 0 Å². The van der Waals surface area contributed by atoms with Crippen molar-refractivity contribution in [2.24, 2.45) is 0 Å². The van der Waals surface area contributed by atoms with E-state index in [1.54, 1.807) is 0 Å². The quantitative estimate of drug-likeness (QED) is 0.200. The molecule has 0 amide bonds. The fourth-order valence-electron chi connectivity index (χ4n) is 5.96. The van der Waals surface area contributed by atoms with Gasteiger partial charge in [0.15, 0.2) is 0 Å². The molecule has 0 aliphatic heterocycles. The van der Waals surface area contributed by atoms with Crippen LogP contribution in [0.25, 0.3) is 77.8 Å². The summed E-state index contributed by atoms with van der Waals surface area (Å²) in [7, 11) is 0. The predicted octanol–water partition coefficient (Wildman–Crippen LogP) is 10.1. The van der Waals surface area contributed by atoms with E-state index in [2.05, 4.69) is 118 Å². The van der Waals surface area contributed by atoms with E-state index in [0.29, 0.717) is 11.8 Å². The largest absolute Gasteiger partial charge is 0.416 e. The minimum atomic E-state index is 0.494. The standard InChI is InChI=1S/C39H25N3O/c1-2-10-26(11-3-1)29-12-8-13-30(24-29)39-42-41-38(43-39)28-21-19-27(20-22-28)36-32-15-4-6-17-34(32)37(31-14-9-23-40-25-31)35-18-7-5-16-33(35)36/h1-25H. The Labute approximate surface area is 249 Å². The third kappa shape index (κ3) is 4.46. The second-order valence-electron chi connectivity index (χ2n) is 10.5. The van der Waals surface area contributed by atoms with E-state index in [1.165, 1.54) is 32.7 Å². The molecular formula is C39H25N3O. The summed E-state index contributed by atoms with van der Waals surface area (Å²) in [4.78, 5) is 4.41. The number of hydrogen-bond acceptors (Lipinski definition) is 4. The fraction of sp³-hybridized carbons (Fsp3) is 0. The highest BCUT2D eigenvalue weighted by Crippen LogP contribution is 2.43. The molecular weight excluding hydrogens is 526 g/mol. The van der Waals surface area contributed by atoms with Crippen LogP contribution in [0.3, 0.4) is 0 Å². The lowest BCUT2D eigenvalue weighted by Gasteiger charge is -2.17. The second-order valence-corrected chi connectivity index (χ2v) is 10.5. The van der Waals surface area contributed by atoms with Crippen LogP contribution in [0, 0.1) is 0 Å². The van der Waals surface area contributed by atoms with Gasteiger partial charge in [-0.3, -0.25) is 4.98 Å². The van der Waals surface area contributed by atoms with Crippen molar-refractivity contribution in [2.45, 2.75) is 0 Å². The van der Waals surface area contributed by atoms with Gasteiger partial charge in [0.1, 0.15) is 0 Å². The van der Waals surface area contributed by atoms with Crippen molar-refractivity contribution in [2.75, 3.05) is 0 Å². The number of fused-ring (bicyclic) bond motifs is 2. The van der Waals surface area contributed by atoms with Crippen LogP contribution in [0.15, 0.2) is 156 Å². The molecule has 6 aromatic carbocycles. The van der Waals surface area contributed by atoms with Gasteiger partial charge in [-0.05, 0) is 79.7 Å². The van der Waals surface area contributed by atoms with Gasteiger partial charge in [-0.1, -0.05) is 109 Å². The zero-order valence-corrected chi connectivity index (χ0v) is 23.2. The maximum Gasteiger partial charge on any atom is 0.248 e. The molecule has 4 heteroatoms. The van der Waals surface area contributed by atoms with Gasteiger partial charge in [0.25, 0.3) is 0 Å². The molecule has 2 aromatic heterocycles. The minimum Gasteiger partial charge on any atom is -0.416 e. The Bertz CT molecular complexity index is 2160. The van der Waals surface area contributed by atoms with E-state index in [0.717, 1.165) is 33.4 Å². The van der Waals surface area contributed by atoms with Crippen LogP contribution < -0.4 is 0 Å². The van der Waals surface area contributed by atoms with Crippen LogP contribution in [0.5, 0.6) is 0 Å². The molecule has 0 fully saturated rings. The topological polar surface area (TPSA) is 51.8 Å². The number of rotatable bonds is 5. The Morgan fingerprint density at radius 3 is 1.51 bits per heavy atom. The zero-order chi connectivity index (χ0) is 28.6. The average Bonchev–Trinajstić information content (AvgIpc) is 3.59. The summed E-state index contributed by atoms with van der Waals surface area (Å²) in [5, 5.41) is 13.6. The van der Waals surface area contributed by atoms with E-state index in [-0.39, 0.29) is 0 Å². The van der Waals surface area contributed by atoms with Gasteiger partial charge < -0.3 is 4.42 Å². The van der Waals surface area contributed by atoms with E-state index < -0.39 is 0 Å². The van der Waals surface area contributed by atoms with Crippen molar-refractivity contribution in [3.63, 3.8) is 0 Å². The Morgan fingerprint density at radius 1 is 0.372 bits per heavy atom. The number of pyridine rings is 1. The molecule has 0 saturated heterocycles. The van der Waals surface area contributed by atoms with Gasteiger partial charge >= 0.3 is 0 Å². The van der Waals surface area contributed by atoms with Crippen LogP contribution in [0.1, 0.15) is 0 Å². The van der Waals surface area contributed by atoms with Crippen molar-refractivity contribution in [1.29, 1.82) is 0 Å². The van der Waals surface area contributed by atoms with E-state index in [4.69, 9.17) is 4.42 Å². The highest BCUT2D eigenvalue weighted by atomic mass is 16.4. The molecule has 0 saturated carbocycles. The Morgan fingerprint density at radius 2 is 0.884 bits per heavy atom. The lowest BCUT2D eigenvalue weighted by molar-refractivity contribution is 0.584. The first kappa shape index (κ1) is 24.9. The number of benzene rings is 6. The summed E-state index contributed by atoms with van der Waals surface area (Å²) in [6.45, 7) is 0. The Kier molecular flexibility index (Phi) is 6.08.